The van der Waals surface area contributed by atoms with Crippen LogP contribution in [0.15, 0.2) is 17.4 Å². The monoisotopic (exact) mass is 267 g/mol. The fourth-order valence-corrected chi connectivity index (χ4v) is 2.94. The lowest BCUT2D eigenvalue weighted by molar-refractivity contribution is 0.669. The van der Waals surface area contributed by atoms with Crippen LogP contribution >= 0.6 is 24.0 Å². The van der Waals surface area contributed by atoms with E-state index in [1.54, 1.807) is 6.07 Å². The summed E-state index contributed by atoms with van der Waals surface area (Å²) in [5, 5.41) is 4.19. The molecule has 1 unspecified atom stereocenters. The van der Waals surface area contributed by atoms with Crippen molar-refractivity contribution in [2.24, 2.45) is 0 Å². The van der Waals surface area contributed by atoms with Crippen LogP contribution in [-0.4, -0.2) is 32.5 Å². The predicted molar refractivity (Wildman–Crippen MR) is 62.0 cm³/mol. The van der Waals surface area contributed by atoms with Crippen molar-refractivity contribution in [2.45, 2.75) is 16.7 Å². The topological polar surface area (TPSA) is 54.9 Å². The molecule has 0 radical (unpaired) electrons. The van der Waals surface area contributed by atoms with Crippen LogP contribution in [0.4, 0.5) is 0 Å². The summed E-state index contributed by atoms with van der Waals surface area (Å²) in [5.74, 6) is 0. The second-order valence-electron chi connectivity index (χ2n) is 3.09. The van der Waals surface area contributed by atoms with Gasteiger partial charge in [0.2, 0.25) is 0 Å². The molecule has 1 aromatic rings. The highest BCUT2D eigenvalue weighted by atomic mass is 35.5. The number of nitrogens with zero attached hydrogens (tertiary/aromatic N) is 2. The van der Waals surface area contributed by atoms with Crippen LogP contribution in [0.1, 0.15) is 6.42 Å². The van der Waals surface area contributed by atoms with E-state index in [9.17, 15) is 4.21 Å². The minimum atomic E-state index is -1.07. The molecular weight excluding hydrogens is 257 g/mol. The van der Waals surface area contributed by atoms with Gasteiger partial charge < -0.3 is 5.32 Å². The summed E-state index contributed by atoms with van der Waals surface area (Å²) in [5.41, 5.74) is 0. The molecule has 0 bridgehead atoms. The van der Waals surface area contributed by atoms with Gasteiger partial charge in [0.25, 0.3) is 0 Å². The van der Waals surface area contributed by atoms with Gasteiger partial charge in [0.05, 0.1) is 16.0 Å². The Bertz CT molecular complexity index is 357. The minimum Gasteiger partial charge on any atom is -0.315 e. The van der Waals surface area contributed by atoms with Crippen molar-refractivity contribution in [1.29, 1.82) is 0 Å². The summed E-state index contributed by atoms with van der Waals surface area (Å²) >= 11 is 5.69. The van der Waals surface area contributed by atoms with Crippen molar-refractivity contribution in [3.8, 4) is 0 Å². The Kier molecular flexibility index (Phi) is 4.92. The van der Waals surface area contributed by atoms with Crippen molar-refractivity contribution >= 4 is 34.8 Å². The van der Waals surface area contributed by atoms with Crippen molar-refractivity contribution < 1.29 is 4.21 Å². The Morgan fingerprint density at radius 3 is 2.93 bits per heavy atom. The molecule has 4 nitrogen and oxygen atoms in total. The molecule has 0 aliphatic carbocycles. The maximum Gasteiger partial charge on any atom is 0.133 e. The van der Waals surface area contributed by atoms with Gasteiger partial charge in [-0.2, -0.15) is 0 Å². The molecule has 0 spiro atoms. The second-order valence-corrected chi connectivity index (χ2v) is 5.16. The number of aromatic nitrogens is 2. The summed E-state index contributed by atoms with van der Waals surface area (Å²) in [6, 6.07) is 1.57. The molecule has 2 heterocycles. The molecule has 1 fully saturated rings. The van der Waals surface area contributed by atoms with E-state index in [1.165, 1.54) is 6.33 Å². The van der Waals surface area contributed by atoms with E-state index < -0.39 is 10.8 Å². The molecule has 2 atom stereocenters. The van der Waals surface area contributed by atoms with E-state index in [0.717, 1.165) is 19.5 Å². The van der Waals surface area contributed by atoms with E-state index in [2.05, 4.69) is 15.3 Å². The van der Waals surface area contributed by atoms with Gasteiger partial charge in [-0.05, 0) is 13.0 Å². The molecule has 0 aromatic carbocycles. The smallest absolute Gasteiger partial charge is 0.133 e. The van der Waals surface area contributed by atoms with E-state index >= 15 is 0 Å². The number of hydrogen-bond donors (Lipinski definition) is 1. The number of hydrogen-bond acceptors (Lipinski definition) is 4. The van der Waals surface area contributed by atoms with Crippen LogP contribution in [-0.2, 0) is 10.8 Å². The van der Waals surface area contributed by atoms with Crippen molar-refractivity contribution in [2.75, 3.05) is 13.1 Å². The number of halogens is 2. The third-order valence-corrected chi connectivity index (χ3v) is 3.98. The van der Waals surface area contributed by atoms with Gasteiger partial charge in [0, 0.05) is 12.6 Å². The second kappa shape index (κ2) is 5.75. The lowest BCUT2D eigenvalue weighted by Crippen LogP contribution is -2.19. The summed E-state index contributed by atoms with van der Waals surface area (Å²) in [6.07, 6.45) is 2.27. The Balaban J connectivity index is 0.00000112. The predicted octanol–water partition coefficient (Wildman–Crippen LogP) is 1.02. The van der Waals surface area contributed by atoms with E-state index in [4.69, 9.17) is 11.6 Å². The molecule has 1 aromatic heterocycles. The van der Waals surface area contributed by atoms with E-state index in [-0.39, 0.29) is 17.7 Å². The average molecular weight is 268 g/mol. The molecule has 1 N–H and O–H groups in total. The van der Waals surface area contributed by atoms with Crippen molar-refractivity contribution in [3.05, 3.63) is 17.5 Å². The third kappa shape index (κ3) is 3.11. The third-order valence-electron chi connectivity index (χ3n) is 2.13. The van der Waals surface area contributed by atoms with Crippen LogP contribution in [0.25, 0.3) is 0 Å². The highest BCUT2D eigenvalue weighted by Gasteiger charge is 2.23. The maximum atomic E-state index is 11.9. The van der Waals surface area contributed by atoms with Gasteiger partial charge >= 0.3 is 0 Å². The molecule has 0 amide bonds. The first-order valence-electron chi connectivity index (χ1n) is 4.36. The van der Waals surface area contributed by atoms with Crippen LogP contribution < -0.4 is 5.32 Å². The minimum absolute atomic E-state index is 0. The first-order valence-corrected chi connectivity index (χ1v) is 5.95. The Morgan fingerprint density at radius 1 is 1.53 bits per heavy atom. The van der Waals surface area contributed by atoms with Gasteiger partial charge in [0.15, 0.2) is 0 Å². The number of nitrogens with one attached hydrogen (secondary N) is 1. The van der Waals surface area contributed by atoms with Crippen molar-refractivity contribution in [1.82, 2.24) is 15.3 Å². The summed E-state index contributed by atoms with van der Waals surface area (Å²) in [6.45, 7) is 1.71. The van der Waals surface area contributed by atoms with Gasteiger partial charge in [-0.1, -0.05) is 11.6 Å². The quantitative estimate of drug-likeness (QED) is 0.814. The zero-order valence-corrected chi connectivity index (χ0v) is 10.2. The van der Waals surface area contributed by atoms with E-state index in [1.807, 2.05) is 0 Å². The van der Waals surface area contributed by atoms with Crippen LogP contribution in [0, 0.1) is 0 Å². The standard InChI is InChI=1S/C8H10ClN3OS.ClH/c9-7-3-8(12-5-11-7)14(13)6-1-2-10-4-6;/h3,5-6,10H,1-2,4H2;1H/t6-,14?;/m1./s1. The molecule has 1 aliphatic heterocycles. The molecule has 15 heavy (non-hydrogen) atoms. The highest BCUT2D eigenvalue weighted by Crippen LogP contribution is 2.15. The van der Waals surface area contributed by atoms with Gasteiger partial charge in [-0.25, -0.2) is 9.97 Å². The highest BCUT2D eigenvalue weighted by molar-refractivity contribution is 7.85. The Labute approximate surface area is 102 Å². The van der Waals surface area contributed by atoms with Crippen LogP contribution in [0.2, 0.25) is 5.15 Å². The summed E-state index contributed by atoms with van der Waals surface area (Å²) in [7, 11) is -1.07. The first kappa shape index (κ1) is 12.8. The zero-order chi connectivity index (χ0) is 9.97. The maximum absolute atomic E-state index is 11.9. The zero-order valence-electron chi connectivity index (χ0n) is 7.85. The van der Waals surface area contributed by atoms with Crippen LogP contribution in [0.3, 0.4) is 0 Å². The molecular formula is C8H11Cl2N3OS. The molecule has 1 aliphatic rings. The lowest BCUT2D eigenvalue weighted by Gasteiger charge is -2.06. The normalized spacial score (nSPS) is 22.1. The fraction of sp³-hybridized carbons (Fsp3) is 0.500. The van der Waals surface area contributed by atoms with Gasteiger partial charge in [-0.3, -0.25) is 4.21 Å². The van der Waals surface area contributed by atoms with Gasteiger partial charge in [0.1, 0.15) is 16.5 Å². The fourth-order valence-electron chi connectivity index (χ4n) is 1.41. The van der Waals surface area contributed by atoms with E-state index in [0.29, 0.717) is 10.2 Å². The van der Waals surface area contributed by atoms with Crippen molar-refractivity contribution in [3.63, 3.8) is 0 Å². The number of rotatable bonds is 2. The SMILES string of the molecule is Cl.O=S(c1cc(Cl)ncn1)[C@@H]1CCNC1. The van der Waals surface area contributed by atoms with Crippen LogP contribution in [0.5, 0.6) is 0 Å². The summed E-state index contributed by atoms with van der Waals surface area (Å²) < 4.78 is 11.9. The summed E-state index contributed by atoms with van der Waals surface area (Å²) in [4.78, 5) is 7.71. The Hall–Kier alpha value is -0.230. The molecule has 0 saturated carbocycles. The Morgan fingerprint density at radius 2 is 2.33 bits per heavy atom. The molecule has 2 rings (SSSR count). The molecule has 84 valence electrons. The molecule has 7 heteroatoms. The largest absolute Gasteiger partial charge is 0.315 e. The average Bonchev–Trinajstić information content (AvgIpc) is 2.69. The molecule has 1 saturated heterocycles. The first-order chi connectivity index (χ1) is 6.77. The lowest BCUT2D eigenvalue weighted by atomic mass is 10.4. The van der Waals surface area contributed by atoms with Gasteiger partial charge in [-0.15, -0.1) is 12.4 Å².